The molecule has 3 rings (SSSR count). The first-order valence-corrected chi connectivity index (χ1v) is 9.24. The third-order valence-electron chi connectivity index (χ3n) is 4.88. The highest BCUT2D eigenvalue weighted by atomic mass is 19.1. The number of methoxy groups -OCH3 is 1. The van der Waals surface area contributed by atoms with Crippen molar-refractivity contribution in [1.82, 2.24) is 20.2 Å². The highest BCUT2D eigenvalue weighted by Crippen LogP contribution is 2.25. The number of piperidine rings is 1. The van der Waals surface area contributed by atoms with Crippen LogP contribution in [0.3, 0.4) is 0 Å². The lowest BCUT2D eigenvalue weighted by Gasteiger charge is -2.38. The minimum Gasteiger partial charge on any atom is -0.497 e. The van der Waals surface area contributed by atoms with Gasteiger partial charge in [0.15, 0.2) is 5.60 Å². The van der Waals surface area contributed by atoms with Gasteiger partial charge in [-0.3, -0.25) is 14.8 Å². The van der Waals surface area contributed by atoms with Gasteiger partial charge in [0.05, 0.1) is 18.5 Å². The van der Waals surface area contributed by atoms with E-state index in [1.165, 1.54) is 24.1 Å². The SMILES string of the molecule is COc1ccc(F)c(CN2CCCC(O)(CNCc3cnc(C)cn3)C2=O)c1. The molecule has 2 heterocycles. The molecule has 1 amide bonds. The molecular weight excluding hydrogens is 363 g/mol. The quantitative estimate of drug-likeness (QED) is 0.749. The number of hydrogen-bond donors (Lipinski definition) is 2. The number of nitrogens with one attached hydrogen (secondary N) is 1. The van der Waals surface area contributed by atoms with Crippen molar-refractivity contribution >= 4 is 5.91 Å². The first-order valence-electron chi connectivity index (χ1n) is 9.24. The number of rotatable bonds is 7. The lowest BCUT2D eigenvalue weighted by atomic mass is 9.91. The van der Waals surface area contributed by atoms with E-state index in [0.29, 0.717) is 37.2 Å². The molecule has 1 atom stereocenters. The highest BCUT2D eigenvalue weighted by molar-refractivity contribution is 5.86. The third kappa shape index (κ3) is 4.63. The Morgan fingerprint density at radius 2 is 2.18 bits per heavy atom. The molecule has 150 valence electrons. The number of amides is 1. The number of aromatic nitrogens is 2. The summed E-state index contributed by atoms with van der Waals surface area (Å²) in [5, 5.41) is 14.0. The minimum absolute atomic E-state index is 0.0909. The highest BCUT2D eigenvalue weighted by Gasteiger charge is 2.41. The number of carbonyl (C=O) groups excluding carboxylic acids is 1. The Morgan fingerprint density at radius 1 is 1.36 bits per heavy atom. The maximum atomic E-state index is 14.1. The summed E-state index contributed by atoms with van der Waals surface area (Å²) in [6.07, 6.45) is 4.32. The van der Waals surface area contributed by atoms with Crippen LogP contribution >= 0.6 is 0 Å². The molecule has 8 heteroatoms. The number of benzene rings is 1. The molecule has 0 radical (unpaired) electrons. The second kappa shape index (κ2) is 8.62. The summed E-state index contributed by atoms with van der Waals surface area (Å²) in [7, 11) is 1.51. The molecule has 28 heavy (non-hydrogen) atoms. The zero-order valence-corrected chi connectivity index (χ0v) is 16.1. The molecule has 1 fully saturated rings. The zero-order valence-electron chi connectivity index (χ0n) is 16.1. The van der Waals surface area contributed by atoms with E-state index in [0.717, 1.165) is 11.4 Å². The fourth-order valence-electron chi connectivity index (χ4n) is 3.29. The summed E-state index contributed by atoms with van der Waals surface area (Å²) < 4.78 is 19.2. The van der Waals surface area contributed by atoms with Gasteiger partial charge in [-0.2, -0.15) is 0 Å². The number of halogens is 1. The second-order valence-electron chi connectivity index (χ2n) is 7.07. The zero-order chi connectivity index (χ0) is 20.1. The van der Waals surface area contributed by atoms with Crippen molar-refractivity contribution in [2.45, 2.75) is 38.5 Å². The van der Waals surface area contributed by atoms with E-state index in [4.69, 9.17) is 4.74 Å². The van der Waals surface area contributed by atoms with Crippen molar-refractivity contribution in [1.29, 1.82) is 0 Å². The summed E-state index contributed by atoms with van der Waals surface area (Å²) in [4.78, 5) is 22.8. The molecule has 1 aromatic heterocycles. The molecule has 1 aliphatic rings. The van der Waals surface area contributed by atoms with Crippen LogP contribution in [0.4, 0.5) is 4.39 Å². The molecule has 0 aliphatic carbocycles. The van der Waals surface area contributed by atoms with Crippen LogP contribution in [-0.2, 0) is 17.9 Å². The van der Waals surface area contributed by atoms with Crippen molar-refractivity contribution in [3.8, 4) is 5.75 Å². The number of hydrogen-bond acceptors (Lipinski definition) is 6. The van der Waals surface area contributed by atoms with Gasteiger partial charge < -0.3 is 20.1 Å². The molecule has 0 spiro atoms. The van der Waals surface area contributed by atoms with E-state index >= 15 is 0 Å². The Morgan fingerprint density at radius 3 is 2.89 bits per heavy atom. The van der Waals surface area contributed by atoms with E-state index in [2.05, 4.69) is 15.3 Å². The van der Waals surface area contributed by atoms with Crippen molar-refractivity contribution in [2.75, 3.05) is 20.2 Å². The smallest absolute Gasteiger partial charge is 0.256 e. The summed E-state index contributed by atoms with van der Waals surface area (Å²) >= 11 is 0. The van der Waals surface area contributed by atoms with Crippen molar-refractivity contribution in [3.05, 3.63) is 53.4 Å². The van der Waals surface area contributed by atoms with Gasteiger partial charge in [-0.05, 0) is 38.0 Å². The standard InChI is InChI=1S/C20H25FN4O3/c1-14-9-24-16(11-23-14)10-22-13-20(27)6-3-7-25(19(20)26)12-15-8-17(28-2)4-5-18(15)21/h4-5,8-9,11,22,27H,3,6-7,10,12-13H2,1-2H3. The largest absolute Gasteiger partial charge is 0.497 e. The van der Waals surface area contributed by atoms with Crippen molar-refractivity contribution in [2.24, 2.45) is 0 Å². The van der Waals surface area contributed by atoms with Gasteiger partial charge >= 0.3 is 0 Å². The summed E-state index contributed by atoms with van der Waals surface area (Å²) in [5.74, 6) is -0.278. The fraction of sp³-hybridized carbons (Fsp3) is 0.450. The molecule has 2 N–H and O–H groups in total. The van der Waals surface area contributed by atoms with E-state index in [9.17, 15) is 14.3 Å². The molecule has 1 saturated heterocycles. The van der Waals surface area contributed by atoms with Gasteiger partial charge in [0.2, 0.25) is 0 Å². The maximum Gasteiger partial charge on any atom is 0.256 e. The van der Waals surface area contributed by atoms with Gasteiger partial charge in [0.1, 0.15) is 11.6 Å². The Balaban J connectivity index is 1.63. The average molecular weight is 388 g/mol. The lowest BCUT2D eigenvalue weighted by molar-refractivity contribution is -0.157. The Bertz CT molecular complexity index is 831. The summed E-state index contributed by atoms with van der Waals surface area (Å²) in [6, 6.07) is 4.43. The van der Waals surface area contributed by atoms with Crippen LogP contribution < -0.4 is 10.1 Å². The monoisotopic (exact) mass is 388 g/mol. The van der Waals surface area contributed by atoms with Gasteiger partial charge in [-0.1, -0.05) is 0 Å². The molecule has 7 nitrogen and oxygen atoms in total. The predicted octanol–water partition coefficient (Wildman–Crippen LogP) is 1.58. The summed E-state index contributed by atoms with van der Waals surface area (Å²) in [6.45, 7) is 2.91. The summed E-state index contributed by atoms with van der Waals surface area (Å²) in [5.41, 5.74) is 0.393. The molecule has 0 saturated carbocycles. The van der Waals surface area contributed by atoms with E-state index in [1.807, 2.05) is 6.92 Å². The van der Waals surface area contributed by atoms with Gasteiger partial charge in [0, 0.05) is 44.1 Å². The van der Waals surface area contributed by atoms with E-state index in [1.54, 1.807) is 18.5 Å². The Hall–Kier alpha value is -2.58. The minimum atomic E-state index is -1.52. The fourth-order valence-corrected chi connectivity index (χ4v) is 3.29. The predicted molar refractivity (Wildman–Crippen MR) is 101 cm³/mol. The molecule has 2 aromatic rings. The van der Waals surface area contributed by atoms with Gasteiger partial charge in [-0.25, -0.2) is 4.39 Å². The first-order chi connectivity index (χ1) is 13.4. The van der Waals surface area contributed by atoms with Gasteiger partial charge in [-0.15, -0.1) is 0 Å². The number of aliphatic hydroxyl groups is 1. The normalized spacial score (nSPS) is 19.7. The van der Waals surface area contributed by atoms with Crippen LogP contribution in [0.5, 0.6) is 5.75 Å². The van der Waals surface area contributed by atoms with E-state index in [-0.39, 0.29) is 13.1 Å². The van der Waals surface area contributed by atoms with Crippen LogP contribution in [0, 0.1) is 12.7 Å². The van der Waals surface area contributed by atoms with Crippen molar-refractivity contribution in [3.63, 3.8) is 0 Å². The molecule has 1 unspecified atom stereocenters. The van der Waals surface area contributed by atoms with Gasteiger partial charge in [0.25, 0.3) is 5.91 Å². The number of likely N-dealkylation sites (tertiary alicyclic amines) is 1. The van der Waals surface area contributed by atoms with Crippen molar-refractivity contribution < 1.29 is 19.0 Å². The number of nitrogens with zero attached hydrogens (tertiary/aromatic N) is 3. The Kier molecular flexibility index (Phi) is 6.21. The Labute approximate surface area is 163 Å². The molecule has 0 bridgehead atoms. The number of ether oxygens (including phenoxy) is 1. The van der Waals surface area contributed by atoms with Crippen LogP contribution in [0.15, 0.2) is 30.6 Å². The molecular formula is C20H25FN4O3. The van der Waals surface area contributed by atoms with Crippen LogP contribution in [0.25, 0.3) is 0 Å². The maximum absolute atomic E-state index is 14.1. The third-order valence-corrected chi connectivity index (χ3v) is 4.88. The number of aryl methyl sites for hydroxylation is 1. The molecule has 1 aliphatic heterocycles. The van der Waals surface area contributed by atoms with Crippen LogP contribution in [0.1, 0.15) is 29.8 Å². The number of carbonyl (C=O) groups is 1. The molecule has 1 aromatic carbocycles. The first kappa shape index (κ1) is 20.2. The topological polar surface area (TPSA) is 87.6 Å². The van der Waals surface area contributed by atoms with Crippen LogP contribution in [0.2, 0.25) is 0 Å². The lowest BCUT2D eigenvalue weighted by Crippen LogP contribution is -2.57. The average Bonchev–Trinajstić information content (AvgIpc) is 2.69. The van der Waals surface area contributed by atoms with E-state index < -0.39 is 17.3 Å². The van der Waals surface area contributed by atoms with Crippen LogP contribution in [-0.4, -0.2) is 51.7 Å². The second-order valence-corrected chi connectivity index (χ2v) is 7.07.